The molecule has 1 aromatic carbocycles. The van der Waals surface area contributed by atoms with E-state index >= 15 is 0 Å². The molecule has 0 bridgehead atoms. The molecule has 1 aromatic heterocycles. The van der Waals surface area contributed by atoms with Gasteiger partial charge in [-0.25, -0.2) is 8.78 Å². The van der Waals surface area contributed by atoms with Crippen LogP contribution in [0.5, 0.6) is 0 Å². The van der Waals surface area contributed by atoms with Crippen molar-refractivity contribution in [2.45, 2.75) is 13.0 Å². The minimum absolute atomic E-state index is 0.379. The molecule has 0 aliphatic heterocycles. The predicted molar refractivity (Wildman–Crippen MR) is 61.4 cm³/mol. The largest absolute Gasteiger partial charge is 0.319 e. The van der Waals surface area contributed by atoms with Crippen molar-refractivity contribution in [2.75, 3.05) is 0 Å². The number of hydrogen-bond donors (Lipinski definition) is 1. The lowest BCUT2D eigenvalue weighted by molar-refractivity contribution is 0.577. The van der Waals surface area contributed by atoms with E-state index in [1.54, 1.807) is 12.3 Å². The van der Waals surface area contributed by atoms with E-state index in [0.29, 0.717) is 11.3 Å². The number of pyridine rings is 1. The molecule has 17 heavy (non-hydrogen) atoms. The molecule has 1 unspecified atom stereocenters. The number of benzene rings is 1. The topological polar surface area (TPSA) is 38.9 Å². The monoisotopic (exact) mass is 234 g/mol. The molecule has 2 nitrogen and oxygen atoms in total. The quantitative estimate of drug-likeness (QED) is 0.867. The normalized spacial score (nSPS) is 12.5. The number of nitrogens with two attached hydrogens (primary N) is 1. The Morgan fingerprint density at radius 2 is 1.82 bits per heavy atom. The maximum Gasteiger partial charge on any atom is 0.126 e. The molecule has 0 aliphatic carbocycles. The highest BCUT2D eigenvalue weighted by atomic mass is 19.1. The van der Waals surface area contributed by atoms with Gasteiger partial charge in [-0.3, -0.25) is 4.98 Å². The zero-order valence-corrected chi connectivity index (χ0v) is 9.32. The van der Waals surface area contributed by atoms with Gasteiger partial charge in [0.1, 0.15) is 11.6 Å². The molecule has 0 amide bonds. The highest BCUT2D eigenvalue weighted by Crippen LogP contribution is 2.21. The number of rotatable bonds is 2. The number of aryl methyl sites for hydroxylation is 1. The van der Waals surface area contributed by atoms with E-state index in [2.05, 4.69) is 4.98 Å². The Hall–Kier alpha value is -1.81. The summed E-state index contributed by atoms with van der Waals surface area (Å²) in [6.07, 6.45) is 1.61. The second-order valence-corrected chi connectivity index (χ2v) is 3.89. The summed E-state index contributed by atoms with van der Waals surface area (Å²) in [5, 5.41) is 0. The standard InChI is InChI=1S/C13H12F2N2/c1-8-3-2-4-17-13(8)12(16)9-5-10(14)7-11(15)6-9/h2-7,12H,16H2,1H3. The van der Waals surface area contributed by atoms with Gasteiger partial charge >= 0.3 is 0 Å². The lowest BCUT2D eigenvalue weighted by atomic mass is 10.0. The summed E-state index contributed by atoms with van der Waals surface area (Å²) in [5.74, 6) is -1.27. The number of hydrogen-bond acceptors (Lipinski definition) is 2. The van der Waals surface area contributed by atoms with E-state index < -0.39 is 17.7 Å². The number of nitrogens with zero attached hydrogens (tertiary/aromatic N) is 1. The van der Waals surface area contributed by atoms with E-state index in [1.807, 2.05) is 13.0 Å². The van der Waals surface area contributed by atoms with Crippen LogP contribution in [0.15, 0.2) is 36.5 Å². The van der Waals surface area contributed by atoms with Crippen LogP contribution in [0.25, 0.3) is 0 Å². The Balaban J connectivity index is 2.43. The van der Waals surface area contributed by atoms with Crippen molar-refractivity contribution in [3.05, 3.63) is 65.0 Å². The molecule has 88 valence electrons. The van der Waals surface area contributed by atoms with Crippen molar-refractivity contribution in [1.82, 2.24) is 4.98 Å². The summed E-state index contributed by atoms with van der Waals surface area (Å²) in [7, 11) is 0. The van der Waals surface area contributed by atoms with Gasteiger partial charge in [-0.15, -0.1) is 0 Å². The van der Waals surface area contributed by atoms with Crippen molar-refractivity contribution in [3.8, 4) is 0 Å². The molecule has 0 spiro atoms. The van der Waals surface area contributed by atoms with E-state index in [-0.39, 0.29) is 0 Å². The molecule has 0 saturated carbocycles. The van der Waals surface area contributed by atoms with Crippen LogP contribution in [-0.2, 0) is 0 Å². The van der Waals surface area contributed by atoms with Crippen LogP contribution in [0.4, 0.5) is 8.78 Å². The van der Waals surface area contributed by atoms with Gasteiger partial charge in [0.2, 0.25) is 0 Å². The van der Waals surface area contributed by atoms with Crippen molar-refractivity contribution >= 4 is 0 Å². The van der Waals surface area contributed by atoms with Crippen molar-refractivity contribution in [1.29, 1.82) is 0 Å². The van der Waals surface area contributed by atoms with E-state index in [1.165, 1.54) is 12.1 Å². The summed E-state index contributed by atoms with van der Waals surface area (Å²) < 4.78 is 26.2. The van der Waals surface area contributed by atoms with Crippen molar-refractivity contribution in [3.63, 3.8) is 0 Å². The van der Waals surface area contributed by atoms with E-state index in [4.69, 9.17) is 5.73 Å². The minimum atomic E-state index is -0.635. The number of halogens is 2. The average Bonchev–Trinajstić information content (AvgIpc) is 2.27. The van der Waals surface area contributed by atoms with Crippen LogP contribution in [0.3, 0.4) is 0 Å². The van der Waals surface area contributed by atoms with Gasteiger partial charge in [0, 0.05) is 12.3 Å². The molecule has 0 fully saturated rings. The zero-order valence-electron chi connectivity index (χ0n) is 9.32. The fraction of sp³-hybridized carbons (Fsp3) is 0.154. The van der Waals surface area contributed by atoms with Crippen LogP contribution in [0.1, 0.15) is 22.9 Å². The zero-order chi connectivity index (χ0) is 12.4. The van der Waals surface area contributed by atoms with Crippen LogP contribution < -0.4 is 5.73 Å². The highest BCUT2D eigenvalue weighted by molar-refractivity contribution is 5.32. The molecule has 0 aliphatic rings. The molecule has 4 heteroatoms. The highest BCUT2D eigenvalue weighted by Gasteiger charge is 2.14. The third-order valence-corrected chi connectivity index (χ3v) is 2.59. The second kappa shape index (κ2) is 4.59. The van der Waals surface area contributed by atoms with Gasteiger partial charge in [-0.1, -0.05) is 6.07 Å². The molecular formula is C13H12F2N2. The Morgan fingerprint density at radius 3 is 2.41 bits per heavy atom. The van der Waals surface area contributed by atoms with Crippen LogP contribution >= 0.6 is 0 Å². The molecule has 0 saturated heterocycles. The van der Waals surface area contributed by atoms with Crippen LogP contribution in [0, 0.1) is 18.6 Å². The van der Waals surface area contributed by atoms with Gasteiger partial charge in [-0.2, -0.15) is 0 Å². The summed E-state index contributed by atoms with van der Waals surface area (Å²) in [4.78, 5) is 4.14. The summed E-state index contributed by atoms with van der Waals surface area (Å²) >= 11 is 0. The fourth-order valence-electron chi connectivity index (χ4n) is 1.74. The lowest BCUT2D eigenvalue weighted by Gasteiger charge is -2.14. The van der Waals surface area contributed by atoms with Crippen molar-refractivity contribution in [2.24, 2.45) is 5.73 Å². The first-order chi connectivity index (χ1) is 8.08. The fourth-order valence-corrected chi connectivity index (χ4v) is 1.74. The second-order valence-electron chi connectivity index (χ2n) is 3.89. The van der Waals surface area contributed by atoms with Gasteiger partial charge in [0.25, 0.3) is 0 Å². The smallest absolute Gasteiger partial charge is 0.126 e. The lowest BCUT2D eigenvalue weighted by Crippen LogP contribution is -2.15. The minimum Gasteiger partial charge on any atom is -0.319 e. The third kappa shape index (κ3) is 2.47. The first kappa shape index (κ1) is 11.7. The maximum atomic E-state index is 13.1. The summed E-state index contributed by atoms with van der Waals surface area (Å²) in [5.41, 5.74) is 7.85. The van der Waals surface area contributed by atoms with E-state index in [9.17, 15) is 8.78 Å². The molecule has 0 radical (unpaired) electrons. The Labute approximate surface area is 98.1 Å². The average molecular weight is 234 g/mol. The third-order valence-electron chi connectivity index (χ3n) is 2.59. The first-order valence-electron chi connectivity index (χ1n) is 5.21. The summed E-state index contributed by atoms with van der Waals surface area (Å²) in [6.45, 7) is 1.86. The molecule has 2 rings (SSSR count). The Morgan fingerprint density at radius 1 is 1.18 bits per heavy atom. The molecular weight excluding hydrogens is 222 g/mol. The van der Waals surface area contributed by atoms with Gasteiger partial charge in [0.05, 0.1) is 11.7 Å². The SMILES string of the molecule is Cc1cccnc1C(N)c1cc(F)cc(F)c1. The summed E-state index contributed by atoms with van der Waals surface area (Å²) in [6, 6.07) is 6.29. The van der Waals surface area contributed by atoms with Gasteiger partial charge in [0.15, 0.2) is 0 Å². The molecule has 1 atom stereocenters. The Kier molecular flexibility index (Phi) is 3.15. The van der Waals surface area contributed by atoms with E-state index in [0.717, 1.165) is 11.6 Å². The van der Waals surface area contributed by atoms with Gasteiger partial charge < -0.3 is 5.73 Å². The van der Waals surface area contributed by atoms with Crippen LogP contribution in [-0.4, -0.2) is 4.98 Å². The number of aromatic nitrogens is 1. The van der Waals surface area contributed by atoms with Crippen molar-refractivity contribution < 1.29 is 8.78 Å². The molecule has 2 aromatic rings. The molecule has 2 N–H and O–H groups in total. The molecule has 1 heterocycles. The first-order valence-corrected chi connectivity index (χ1v) is 5.21. The predicted octanol–water partition coefficient (Wildman–Crippen LogP) is 2.72. The maximum absolute atomic E-state index is 13.1. The van der Waals surface area contributed by atoms with Gasteiger partial charge in [-0.05, 0) is 36.2 Å². The van der Waals surface area contributed by atoms with Crippen LogP contribution in [0.2, 0.25) is 0 Å². The Bertz CT molecular complexity index is 520.